The number of rotatable bonds is 3. The Morgan fingerprint density at radius 2 is 2.26 bits per heavy atom. The van der Waals surface area contributed by atoms with Crippen LogP contribution in [0.4, 0.5) is 11.6 Å². The molecule has 1 aromatic heterocycles. The molecule has 3 rings (SSSR count). The van der Waals surface area contributed by atoms with Crippen LogP contribution in [0.5, 0.6) is 0 Å². The molecule has 1 atom stereocenters. The molecular formula is C13H21N5O. The fourth-order valence-electron chi connectivity index (χ4n) is 2.63. The Hall–Kier alpha value is -1.40. The van der Waals surface area contributed by atoms with E-state index >= 15 is 0 Å². The third kappa shape index (κ3) is 2.79. The lowest BCUT2D eigenvalue weighted by Crippen LogP contribution is -2.46. The van der Waals surface area contributed by atoms with E-state index in [1.807, 2.05) is 13.0 Å². The lowest BCUT2D eigenvalue weighted by Gasteiger charge is -2.37. The second-order valence-corrected chi connectivity index (χ2v) is 5.91. The van der Waals surface area contributed by atoms with Gasteiger partial charge in [0.15, 0.2) is 0 Å². The third-order valence-corrected chi connectivity index (χ3v) is 3.82. The molecule has 2 fully saturated rings. The molecule has 1 aliphatic heterocycles. The largest absolute Gasteiger partial charge is 0.388 e. The minimum absolute atomic E-state index is 0.484. The van der Waals surface area contributed by atoms with Gasteiger partial charge >= 0.3 is 0 Å². The maximum atomic E-state index is 10.2. The highest BCUT2D eigenvalue weighted by molar-refractivity contribution is 5.50. The summed E-state index contributed by atoms with van der Waals surface area (Å²) in [5.41, 5.74) is 1.97. The maximum absolute atomic E-state index is 10.2. The molecule has 104 valence electrons. The van der Waals surface area contributed by atoms with Crippen LogP contribution in [-0.2, 0) is 0 Å². The van der Waals surface area contributed by atoms with E-state index in [1.54, 1.807) is 0 Å². The molecule has 1 aromatic rings. The molecule has 0 spiro atoms. The van der Waals surface area contributed by atoms with Crippen molar-refractivity contribution in [2.45, 2.75) is 44.1 Å². The van der Waals surface area contributed by atoms with Gasteiger partial charge in [0, 0.05) is 25.1 Å². The number of nitrogens with two attached hydrogens (primary N) is 1. The van der Waals surface area contributed by atoms with Crippen molar-refractivity contribution in [3.8, 4) is 0 Å². The number of hydrogen-bond acceptors (Lipinski definition) is 6. The van der Waals surface area contributed by atoms with Crippen LogP contribution >= 0.6 is 0 Å². The number of hydrazine groups is 1. The number of nitrogen functional groups attached to an aromatic ring is 1. The van der Waals surface area contributed by atoms with E-state index in [9.17, 15) is 5.11 Å². The van der Waals surface area contributed by atoms with Gasteiger partial charge in [0.25, 0.3) is 0 Å². The average molecular weight is 263 g/mol. The first-order chi connectivity index (χ1) is 9.07. The lowest BCUT2D eigenvalue weighted by molar-refractivity contribution is 0.0447. The van der Waals surface area contributed by atoms with Gasteiger partial charge in [-0.25, -0.2) is 15.8 Å². The predicted molar refractivity (Wildman–Crippen MR) is 73.9 cm³/mol. The molecule has 0 radical (unpaired) electrons. The first-order valence-electron chi connectivity index (χ1n) is 6.90. The van der Waals surface area contributed by atoms with Gasteiger partial charge in [-0.05, 0) is 32.6 Å². The number of anilines is 2. The minimum Gasteiger partial charge on any atom is -0.388 e. The number of piperidine rings is 1. The predicted octanol–water partition coefficient (Wildman–Crippen LogP) is 0.991. The van der Waals surface area contributed by atoms with E-state index in [1.165, 1.54) is 0 Å². The normalized spacial score (nSPS) is 27.4. The second kappa shape index (κ2) is 4.61. The zero-order valence-corrected chi connectivity index (χ0v) is 11.3. The first kappa shape index (κ1) is 12.6. The number of aromatic nitrogens is 2. The van der Waals surface area contributed by atoms with Gasteiger partial charge in [-0.3, -0.25) is 0 Å². The quantitative estimate of drug-likeness (QED) is 0.557. The van der Waals surface area contributed by atoms with E-state index < -0.39 is 5.60 Å². The highest BCUT2D eigenvalue weighted by Crippen LogP contribution is 2.39. The van der Waals surface area contributed by atoms with Crippen molar-refractivity contribution in [2.75, 3.05) is 23.4 Å². The van der Waals surface area contributed by atoms with Crippen LogP contribution in [0.1, 0.15) is 44.3 Å². The average Bonchev–Trinajstić information content (AvgIpc) is 3.21. The number of nitrogens with one attached hydrogen (secondary N) is 1. The molecule has 2 heterocycles. The van der Waals surface area contributed by atoms with Gasteiger partial charge < -0.3 is 15.4 Å². The fraction of sp³-hybridized carbons (Fsp3) is 0.692. The molecule has 1 unspecified atom stereocenters. The molecular weight excluding hydrogens is 242 g/mol. The fourth-order valence-corrected chi connectivity index (χ4v) is 2.63. The molecule has 1 saturated carbocycles. The topological polar surface area (TPSA) is 87.3 Å². The number of aliphatic hydroxyl groups is 1. The van der Waals surface area contributed by atoms with E-state index in [2.05, 4.69) is 20.3 Å². The number of β-amino-alcohol motifs (C(OH)–C–C–N with tert-alkyl or cyclic N) is 1. The van der Waals surface area contributed by atoms with Crippen LogP contribution in [0.25, 0.3) is 0 Å². The van der Waals surface area contributed by atoms with Crippen molar-refractivity contribution in [3.63, 3.8) is 0 Å². The smallest absolute Gasteiger partial charge is 0.145 e. The Morgan fingerprint density at radius 1 is 1.47 bits per heavy atom. The zero-order valence-electron chi connectivity index (χ0n) is 11.3. The third-order valence-electron chi connectivity index (χ3n) is 3.82. The van der Waals surface area contributed by atoms with Gasteiger partial charge in [-0.1, -0.05) is 0 Å². The molecule has 19 heavy (non-hydrogen) atoms. The summed E-state index contributed by atoms with van der Waals surface area (Å²) < 4.78 is 0. The monoisotopic (exact) mass is 263 g/mol. The second-order valence-electron chi connectivity index (χ2n) is 5.91. The number of hydrogen-bond donors (Lipinski definition) is 3. The summed E-state index contributed by atoms with van der Waals surface area (Å²) >= 11 is 0. The summed E-state index contributed by atoms with van der Waals surface area (Å²) in [6, 6.07) is 1.85. The van der Waals surface area contributed by atoms with E-state index in [0.717, 1.165) is 43.9 Å². The summed E-state index contributed by atoms with van der Waals surface area (Å²) in [5.74, 6) is 8.35. The van der Waals surface area contributed by atoms with Crippen LogP contribution in [-0.4, -0.2) is 33.8 Å². The van der Waals surface area contributed by atoms with Crippen LogP contribution in [0.3, 0.4) is 0 Å². The van der Waals surface area contributed by atoms with E-state index in [-0.39, 0.29) is 0 Å². The molecule has 0 aromatic carbocycles. The molecule has 6 heteroatoms. The van der Waals surface area contributed by atoms with Crippen molar-refractivity contribution < 1.29 is 5.11 Å². The van der Waals surface area contributed by atoms with E-state index in [0.29, 0.717) is 18.3 Å². The first-order valence-corrected chi connectivity index (χ1v) is 6.90. The Bertz CT molecular complexity index is 472. The molecule has 1 aliphatic carbocycles. The van der Waals surface area contributed by atoms with Crippen molar-refractivity contribution in [2.24, 2.45) is 5.84 Å². The SMILES string of the molecule is CC1(O)CCCN(c2cc(NN)nc(C3CC3)n2)C1. The van der Waals surface area contributed by atoms with Gasteiger partial charge in [0.1, 0.15) is 17.5 Å². The molecule has 2 aliphatic rings. The van der Waals surface area contributed by atoms with Gasteiger partial charge in [-0.15, -0.1) is 0 Å². The van der Waals surface area contributed by atoms with Gasteiger partial charge in [-0.2, -0.15) is 0 Å². The molecule has 1 saturated heterocycles. The van der Waals surface area contributed by atoms with Crippen LogP contribution in [0.15, 0.2) is 6.07 Å². The van der Waals surface area contributed by atoms with Crippen molar-refractivity contribution in [3.05, 3.63) is 11.9 Å². The number of nitrogens with zero attached hydrogens (tertiary/aromatic N) is 3. The van der Waals surface area contributed by atoms with E-state index in [4.69, 9.17) is 5.84 Å². The van der Waals surface area contributed by atoms with Crippen molar-refractivity contribution in [1.82, 2.24) is 9.97 Å². The highest BCUT2D eigenvalue weighted by Gasteiger charge is 2.31. The van der Waals surface area contributed by atoms with Crippen LogP contribution < -0.4 is 16.2 Å². The van der Waals surface area contributed by atoms with Gasteiger partial charge in [0.2, 0.25) is 0 Å². The summed E-state index contributed by atoms with van der Waals surface area (Å²) in [5, 5.41) is 10.2. The molecule has 6 nitrogen and oxygen atoms in total. The highest BCUT2D eigenvalue weighted by atomic mass is 16.3. The van der Waals surface area contributed by atoms with Crippen molar-refractivity contribution in [1.29, 1.82) is 0 Å². The minimum atomic E-state index is -0.640. The maximum Gasteiger partial charge on any atom is 0.145 e. The van der Waals surface area contributed by atoms with Crippen LogP contribution in [0, 0.1) is 0 Å². The lowest BCUT2D eigenvalue weighted by atomic mass is 9.95. The standard InChI is InChI=1S/C13H21N5O/c1-13(19)5-2-6-18(8-13)11-7-10(17-14)15-12(16-11)9-3-4-9/h7,9,19H,2-6,8,14H2,1H3,(H,15,16,17). The molecule has 4 N–H and O–H groups in total. The zero-order chi connectivity index (χ0) is 13.5. The summed E-state index contributed by atoms with van der Waals surface area (Å²) in [7, 11) is 0. The Labute approximate surface area is 113 Å². The molecule has 0 bridgehead atoms. The van der Waals surface area contributed by atoms with Gasteiger partial charge in [0.05, 0.1) is 5.60 Å². The summed E-state index contributed by atoms with van der Waals surface area (Å²) in [6.45, 7) is 3.41. The van der Waals surface area contributed by atoms with Crippen molar-refractivity contribution >= 4 is 11.6 Å². The van der Waals surface area contributed by atoms with Crippen LogP contribution in [0.2, 0.25) is 0 Å². The Morgan fingerprint density at radius 3 is 2.89 bits per heavy atom. The molecule has 0 amide bonds. The Kier molecular flexibility index (Phi) is 3.06. The summed E-state index contributed by atoms with van der Waals surface area (Å²) in [4.78, 5) is 11.2. The summed E-state index contributed by atoms with van der Waals surface area (Å²) in [6.07, 6.45) is 4.13. The Balaban J connectivity index is 1.88.